The summed E-state index contributed by atoms with van der Waals surface area (Å²) in [6, 6.07) is 0. The maximum Gasteiger partial charge on any atom is 0.00243 e. The molecule has 0 fully saturated rings. The number of nitrogens with zero attached hydrogens (tertiary/aromatic N) is 1. The Labute approximate surface area is 53.3 Å². The summed E-state index contributed by atoms with van der Waals surface area (Å²) in [5, 5.41) is 0. The molecule has 0 heterocycles. The maximum atomic E-state index is 2.56. The van der Waals surface area contributed by atoms with Crippen LogP contribution in [0.3, 0.4) is 0 Å². The maximum absolute atomic E-state index is 2.56. The molecule has 0 spiro atoms. The van der Waals surface area contributed by atoms with Crippen LogP contribution in [0.5, 0.6) is 0 Å². The van der Waals surface area contributed by atoms with E-state index in [0.29, 0.717) is 0 Å². The molecule has 2 heteroatoms. The molecule has 0 aliphatic carbocycles. The van der Waals surface area contributed by atoms with Gasteiger partial charge in [-0.25, -0.2) is 0 Å². The van der Waals surface area contributed by atoms with E-state index < -0.39 is 0 Å². The van der Waals surface area contributed by atoms with Crippen molar-refractivity contribution in [1.29, 1.82) is 0 Å². The Morgan fingerprint density at radius 2 is 1.50 bits per heavy atom. The first-order valence-corrected chi connectivity index (χ1v) is 3.11. The van der Waals surface area contributed by atoms with E-state index in [-0.39, 0.29) is 0 Å². The highest BCUT2D eigenvalue weighted by Gasteiger charge is 1.74. The molecule has 0 radical (unpaired) electrons. The van der Waals surface area contributed by atoms with Crippen molar-refractivity contribution in [2.24, 2.45) is 0 Å². The van der Waals surface area contributed by atoms with Gasteiger partial charge < -0.3 is 4.67 Å². The average molecular weight is 129 g/mol. The fourth-order valence-corrected chi connectivity index (χ4v) is 0.738. The van der Waals surface area contributed by atoms with Crippen molar-refractivity contribution < 1.29 is 0 Å². The summed E-state index contributed by atoms with van der Waals surface area (Å²) >= 11 is 0. The lowest BCUT2D eigenvalue weighted by molar-refractivity contribution is 0.849. The van der Waals surface area contributed by atoms with E-state index in [1.165, 1.54) is 0 Å². The lowest BCUT2D eigenvalue weighted by Crippen LogP contribution is -1.87. The highest BCUT2D eigenvalue weighted by atomic mass is 31.0. The first kappa shape index (κ1) is 7.71. The van der Waals surface area contributed by atoms with Gasteiger partial charge in [0.05, 0.1) is 0 Å². The van der Waals surface area contributed by atoms with Crippen LogP contribution in [0.4, 0.5) is 0 Å². The highest BCUT2D eigenvalue weighted by molar-refractivity contribution is 7.13. The van der Waals surface area contributed by atoms with Gasteiger partial charge in [0.25, 0.3) is 0 Å². The summed E-state index contributed by atoms with van der Waals surface area (Å²) in [6.07, 6.45) is 7.88. The molecule has 0 aromatic heterocycles. The summed E-state index contributed by atoms with van der Waals surface area (Å²) in [4.78, 5) is 0. The van der Waals surface area contributed by atoms with Crippen molar-refractivity contribution in [3.05, 3.63) is 24.6 Å². The SMILES string of the molecule is CC=CN(P)C=CC. The van der Waals surface area contributed by atoms with Crippen LogP contribution in [-0.2, 0) is 0 Å². The average Bonchev–Trinajstić information content (AvgIpc) is 1.68. The van der Waals surface area contributed by atoms with Crippen molar-refractivity contribution in [1.82, 2.24) is 4.67 Å². The van der Waals surface area contributed by atoms with E-state index in [0.717, 1.165) is 0 Å². The molecular formula is C6H12NP. The third-order valence-corrected chi connectivity index (χ3v) is 0.987. The predicted molar refractivity (Wildman–Crippen MR) is 41.2 cm³/mol. The van der Waals surface area contributed by atoms with Gasteiger partial charge in [0.1, 0.15) is 0 Å². The van der Waals surface area contributed by atoms with E-state index in [4.69, 9.17) is 0 Å². The minimum atomic E-state index is 1.92. The zero-order valence-electron chi connectivity index (χ0n) is 5.33. The molecule has 1 atom stereocenters. The molecule has 0 aliphatic rings. The third-order valence-electron chi connectivity index (χ3n) is 0.642. The van der Waals surface area contributed by atoms with Gasteiger partial charge in [-0.2, -0.15) is 0 Å². The van der Waals surface area contributed by atoms with Gasteiger partial charge in [-0.1, -0.05) is 12.2 Å². The number of hydrogen-bond acceptors (Lipinski definition) is 1. The topological polar surface area (TPSA) is 3.24 Å². The van der Waals surface area contributed by atoms with Crippen LogP contribution >= 0.6 is 9.39 Å². The molecule has 0 saturated heterocycles. The molecule has 0 aromatic rings. The summed E-state index contributed by atoms with van der Waals surface area (Å²) < 4.78 is 1.92. The molecule has 8 heavy (non-hydrogen) atoms. The van der Waals surface area contributed by atoms with Gasteiger partial charge in [-0.3, -0.25) is 0 Å². The van der Waals surface area contributed by atoms with Crippen LogP contribution in [-0.4, -0.2) is 4.67 Å². The van der Waals surface area contributed by atoms with Crippen molar-refractivity contribution in [3.63, 3.8) is 0 Å². The molecule has 1 nitrogen and oxygen atoms in total. The molecule has 0 aromatic carbocycles. The quantitative estimate of drug-likeness (QED) is 0.516. The summed E-state index contributed by atoms with van der Waals surface area (Å²) in [6.45, 7) is 3.97. The first-order chi connectivity index (χ1) is 3.81. The van der Waals surface area contributed by atoms with Gasteiger partial charge in [-0.15, -0.1) is 0 Å². The zero-order valence-corrected chi connectivity index (χ0v) is 6.49. The minimum absolute atomic E-state index is 1.92. The second kappa shape index (κ2) is 4.86. The van der Waals surface area contributed by atoms with Crippen LogP contribution in [0, 0.1) is 0 Å². The van der Waals surface area contributed by atoms with E-state index in [2.05, 4.69) is 9.39 Å². The molecule has 0 bridgehead atoms. The van der Waals surface area contributed by atoms with Crippen LogP contribution in [0.1, 0.15) is 13.8 Å². The molecule has 0 aliphatic heterocycles. The molecule has 46 valence electrons. The summed E-state index contributed by atoms with van der Waals surface area (Å²) in [5.41, 5.74) is 0. The fourth-order valence-electron chi connectivity index (χ4n) is 0.394. The lowest BCUT2D eigenvalue weighted by atomic mass is 10.6. The number of hydrogen-bond donors (Lipinski definition) is 0. The molecule has 0 amide bonds. The summed E-state index contributed by atoms with van der Waals surface area (Å²) in [5.74, 6) is 0. The van der Waals surface area contributed by atoms with Crippen molar-refractivity contribution in [2.45, 2.75) is 13.8 Å². The van der Waals surface area contributed by atoms with Crippen LogP contribution in [0.25, 0.3) is 0 Å². The van der Waals surface area contributed by atoms with Crippen LogP contribution in [0.15, 0.2) is 24.6 Å². The van der Waals surface area contributed by atoms with E-state index in [1.807, 2.05) is 43.1 Å². The van der Waals surface area contributed by atoms with Gasteiger partial charge in [-0.05, 0) is 23.2 Å². The first-order valence-electron chi connectivity index (χ1n) is 2.60. The van der Waals surface area contributed by atoms with Gasteiger partial charge in [0.2, 0.25) is 0 Å². The van der Waals surface area contributed by atoms with Gasteiger partial charge in [0, 0.05) is 12.4 Å². The molecule has 1 unspecified atom stereocenters. The third kappa shape index (κ3) is 3.89. The lowest BCUT2D eigenvalue weighted by Gasteiger charge is -2.03. The van der Waals surface area contributed by atoms with E-state index in [1.54, 1.807) is 0 Å². The smallest absolute Gasteiger partial charge is 0.00243 e. The second-order valence-electron chi connectivity index (χ2n) is 1.41. The number of allylic oxidation sites excluding steroid dienone is 2. The Kier molecular flexibility index (Phi) is 4.68. The molecule has 0 saturated carbocycles. The molecule has 0 N–H and O–H groups in total. The second-order valence-corrected chi connectivity index (χ2v) is 2.01. The van der Waals surface area contributed by atoms with E-state index >= 15 is 0 Å². The number of rotatable bonds is 2. The molecular weight excluding hydrogens is 117 g/mol. The van der Waals surface area contributed by atoms with Gasteiger partial charge in [0.15, 0.2) is 0 Å². The van der Waals surface area contributed by atoms with Crippen LogP contribution in [0.2, 0.25) is 0 Å². The molecule has 0 rings (SSSR count). The highest BCUT2D eigenvalue weighted by Crippen LogP contribution is 1.98. The normalized spacial score (nSPS) is 11.4. The Morgan fingerprint density at radius 3 is 1.75 bits per heavy atom. The zero-order chi connectivity index (χ0) is 6.41. The van der Waals surface area contributed by atoms with Crippen molar-refractivity contribution >= 4 is 9.39 Å². The summed E-state index contributed by atoms with van der Waals surface area (Å²) in [7, 11) is 2.56. The van der Waals surface area contributed by atoms with Crippen molar-refractivity contribution in [2.75, 3.05) is 0 Å². The Hall–Kier alpha value is -0.290. The Bertz CT molecular complexity index is 84.7. The van der Waals surface area contributed by atoms with E-state index in [9.17, 15) is 0 Å². The van der Waals surface area contributed by atoms with Gasteiger partial charge >= 0.3 is 0 Å². The minimum Gasteiger partial charge on any atom is -0.340 e. The monoisotopic (exact) mass is 129 g/mol. The largest absolute Gasteiger partial charge is 0.340 e. The van der Waals surface area contributed by atoms with Crippen LogP contribution < -0.4 is 0 Å². The Morgan fingerprint density at radius 1 is 1.12 bits per heavy atom. The standard InChI is InChI=1S/C6H12NP/c1-3-5-7(8)6-4-2/h3-6H,8H2,1-2H3. The Balaban J connectivity index is 3.47. The van der Waals surface area contributed by atoms with Crippen molar-refractivity contribution in [3.8, 4) is 0 Å². The fraction of sp³-hybridized carbons (Fsp3) is 0.333. The predicted octanol–water partition coefficient (Wildman–Crippen LogP) is 2.15.